The highest BCUT2D eigenvalue weighted by Crippen LogP contribution is 2.36. The number of carbonyl (C=O) groups is 5. The van der Waals surface area contributed by atoms with Crippen molar-refractivity contribution in [1.29, 1.82) is 0 Å². The summed E-state index contributed by atoms with van der Waals surface area (Å²) in [5.74, 6) is -0.209. The fraction of sp³-hybridized carbons (Fsp3) is 0.611. The molecule has 1 aromatic carbocycles. The van der Waals surface area contributed by atoms with E-state index in [4.69, 9.17) is 14.5 Å². The Morgan fingerprint density at radius 2 is 1.85 bits per heavy atom. The molecule has 1 saturated carbocycles. The quantitative estimate of drug-likeness (QED) is 0.143. The molecule has 3 amide bonds. The molecule has 2 heterocycles. The summed E-state index contributed by atoms with van der Waals surface area (Å²) in [6.07, 6.45) is 8.54. The van der Waals surface area contributed by atoms with Crippen LogP contribution in [0.1, 0.15) is 119 Å². The first kappa shape index (κ1) is 37.0. The van der Waals surface area contributed by atoms with Crippen LogP contribution in [0.15, 0.2) is 29.6 Å². The summed E-state index contributed by atoms with van der Waals surface area (Å²) in [7, 11) is 1.52. The smallest absolute Gasteiger partial charge is 0.410 e. The van der Waals surface area contributed by atoms with Gasteiger partial charge in [0.15, 0.2) is 0 Å². The lowest BCUT2D eigenvalue weighted by atomic mass is 9.83. The zero-order chi connectivity index (χ0) is 34.8. The van der Waals surface area contributed by atoms with Crippen LogP contribution in [0.4, 0.5) is 4.79 Å². The zero-order valence-electron chi connectivity index (χ0n) is 28.9. The van der Waals surface area contributed by atoms with E-state index in [0.29, 0.717) is 48.0 Å². The van der Waals surface area contributed by atoms with Gasteiger partial charge in [-0.2, -0.15) is 0 Å². The molecule has 4 rings (SSSR count). The number of carbonyl (C=O) groups excluding carboxylic acids is 5. The van der Waals surface area contributed by atoms with E-state index in [1.54, 1.807) is 57.3 Å². The number of thiazole rings is 1. The number of hydrogen-bond donors (Lipinski definition) is 1. The molecular weight excluding hydrogens is 632 g/mol. The molecule has 11 nitrogen and oxygen atoms in total. The van der Waals surface area contributed by atoms with Crippen LogP contribution in [0, 0.1) is 5.92 Å². The van der Waals surface area contributed by atoms with Crippen molar-refractivity contribution in [2.75, 3.05) is 20.2 Å². The summed E-state index contributed by atoms with van der Waals surface area (Å²) in [6, 6.07) is 5.13. The van der Waals surface area contributed by atoms with Gasteiger partial charge in [-0.3, -0.25) is 19.3 Å². The number of nitrogens with zero attached hydrogens (tertiary/aromatic N) is 3. The number of aromatic nitrogens is 1. The van der Waals surface area contributed by atoms with Crippen LogP contribution in [-0.4, -0.2) is 82.6 Å². The second kappa shape index (κ2) is 17.0. The van der Waals surface area contributed by atoms with Crippen LogP contribution in [0.3, 0.4) is 0 Å². The minimum atomic E-state index is -0.841. The molecule has 1 aliphatic carbocycles. The van der Waals surface area contributed by atoms with Gasteiger partial charge >= 0.3 is 6.09 Å². The molecule has 0 radical (unpaired) electrons. The van der Waals surface area contributed by atoms with Crippen LogP contribution in [0.2, 0.25) is 0 Å². The monoisotopic (exact) mass is 682 g/mol. The second-order valence-electron chi connectivity index (χ2n) is 13.8. The van der Waals surface area contributed by atoms with Crippen LogP contribution in [0.5, 0.6) is 5.75 Å². The van der Waals surface area contributed by atoms with Crippen molar-refractivity contribution < 1.29 is 33.4 Å². The number of unbranched alkanes of at least 4 members (excludes halogenated alkanes) is 2. The highest BCUT2D eigenvalue weighted by atomic mass is 32.1. The Balaban J connectivity index is 1.46. The summed E-state index contributed by atoms with van der Waals surface area (Å²) in [5, 5.41) is 5.46. The van der Waals surface area contributed by atoms with Gasteiger partial charge in [0.1, 0.15) is 40.4 Å². The van der Waals surface area contributed by atoms with Crippen molar-refractivity contribution >= 4 is 41.3 Å². The Bertz CT molecular complexity index is 1430. The first-order valence-corrected chi connectivity index (χ1v) is 18.0. The fourth-order valence-electron chi connectivity index (χ4n) is 6.20. The van der Waals surface area contributed by atoms with Gasteiger partial charge in [0.25, 0.3) is 0 Å². The van der Waals surface area contributed by atoms with Crippen molar-refractivity contribution in [2.45, 2.75) is 116 Å². The summed E-state index contributed by atoms with van der Waals surface area (Å²) in [4.78, 5) is 72.2. The van der Waals surface area contributed by atoms with E-state index in [2.05, 4.69) is 5.32 Å². The number of nitrogens with one attached hydrogen (secondary N) is 1. The normalized spacial score (nSPS) is 18.1. The predicted octanol–water partition coefficient (Wildman–Crippen LogP) is 6.11. The number of benzene rings is 1. The average Bonchev–Trinajstić information content (AvgIpc) is 3.76. The van der Waals surface area contributed by atoms with Gasteiger partial charge in [0, 0.05) is 31.0 Å². The number of ketones is 1. The number of amides is 3. The molecular formula is C36H50N4O7S. The molecule has 262 valence electrons. The molecule has 3 atom stereocenters. The molecule has 2 fully saturated rings. The number of likely N-dealkylation sites (N-methyl/N-ethyl adjacent to an activating group) is 1. The minimum Gasteiger partial charge on any atom is -0.494 e. The number of likely N-dealkylation sites (tertiary alicyclic amines) is 1. The van der Waals surface area contributed by atoms with E-state index in [0.717, 1.165) is 57.7 Å². The molecule has 1 N–H and O–H groups in total. The SMILES string of the molecule is C[C@@H](C(=O)N[C@H](C(=O)N1CCC[C@H]1c1nc(C(=O)c2cccc(OCCCCC=O)c2)cs1)C1CCCCC1)N(C)C(=O)OC(C)(C)C. The Morgan fingerprint density at radius 3 is 2.56 bits per heavy atom. The average molecular weight is 683 g/mol. The summed E-state index contributed by atoms with van der Waals surface area (Å²) < 4.78 is 11.2. The highest BCUT2D eigenvalue weighted by molar-refractivity contribution is 7.10. The molecule has 1 saturated heterocycles. The number of aldehydes is 1. The van der Waals surface area contributed by atoms with Crippen molar-refractivity contribution in [3.63, 3.8) is 0 Å². The maximum absolute atomic E-state index is 14.3. The number of ether oxygens (including phenoxy) is 2. The Kier molecular flexibility index (Phi) is 13.1. The first-order valence-electron chi connectivity index (χ1n) is 17.1. The lowest BCUT2D eigenvalue weighted by molar-refractivity contribution is -0.140. The van der Waals surface area contributed by atoms with Crippen molar-refractivity contribution in [3.05, 3.63) is 45.9 Å². The molecule has 1 aromatic heterocycles. The zero-order valence-corrected chi connectivity index (χ0v) is 29.7. The third-order valence-corrected chi connectivity index (χ3v) is 9.93. The largest absolute Gasteiger partial charge is 0.494 e. The third kappa shape index (κ3) is 9.87. The van der Waals surface area contributed by atoms with Gasteiger partial charge < -0.3 is 24.5 Å². The van der Waals surface area contributed by atoms with Gasteiger partial charge in [-0.15, -0.1) is 11.3 Å². The highest BCUT2D eigenvalue weighted by Gasteiger charge is 2.41. The Hall–Kier alpha value is -3.80. The number of hydrogen-bond acceptors (Lipinski definition) is 9. The maximum atomic E-state index is 14.3. The van der Waals surface area contributed by atoms with E-state index >= 15 is 0 Å². The maximum Gasteiger partial charge on any atom is 0.410 e. The molecule has 2 aliphatic rings. The fourth-order valence-corrected chi connectivity index (χ4v) is 7.14. The molecule has 0 bridgehead atoms. The molecule has 1 aliphatic heterocycles. The van der Waals surface area contributed by atoms with Crippen LogP contribution < -0.4 is 10.1 Å². The Morgan fingerprint density at radius 1 is 1.10 bits per heavy atom. The van der Waals surface area contributed by atoms with Gasteiger partial charge in [-0.05, 0) is 84.3 Å². The molecule has 2 aromatic rings. The lowest BCUT2D eigenvalue weighted by Crippen LogP contribution is -2.56. The standard InChI is InChI=1S/C36H50N4O7S/c1-24(39(5)35(45)47-36(2,3)4)32(43)38-30(25-14-8-6-9-15-25)34(44)40-19-13-18-29(40)33-37-28(23-48-33)31(42)26-16-12-17-27(22-26)46-21-11-7-10-20-41/h12,16-17,20,22-25,29-30H,6-11,13-15,18-19,21H2,1-5H3,(H,38,43)/t24-,29-,30-/m0/s1. The summed E-state index contributed by atoms with van der Waals surface area (Å²) >= 11 is 1.36. The first-order chi connectivity index (χ1) is 22.9. The van der Waals surface area contributed by atoms with E-state index in [1.165, 1.54) is 23.3 Å². The van der Waals surface area contributed by atoms with Crippen molar-refractivity contribution in [1.82, 2.24) is 20.1 Å². The number of rotatable bonds is 14. The van der Waals surface area contributed by atoms with Crippen LogP contribution in [-0.2, 0) is 19.1 Å². The Labute approximate surface area is 287 Å². The van der Waals surface area contributed by atoms with E-state index in [1.807, 2.05) is 4.90 Å². The molecule has 12 heteroatoms. The van der Waals surface area contributed by atoms with Crippen molar-refractivity contribution in [3.8, 4) is 5.75 Å². The predicted molar refractivity (Wildman–Crippen MR) is 183 cm³/mol. The van der Waals surface area contributed by atoms with E-state index in [9.17, 15) is 24.0 Å². The molecule has 0 spiro atoms. The van der Waals surface area contributed by atoms with Crippen LogP contribution in [0.25, 0.3) is 0 Å². The van der Waals surface area contributed by atoms with Crippen molar-refractivity contribution in [2.24, 2.45) is 5.92 Å². The summed E-state index contributed by atoms with van der Waals surface area (Å²) in [6.45, 7) is 7.93. The summed E-state index contributed by atoms with van der Waals surface area (Å²) in [5.41, 5.74) is 0.0697. The van der Waals surface area contributed by atoms with E-state index in [-0.39, 0.29) is 23.7 Å². The van der Waals surface area contributed by atoms with Gasteiger partial charge in [0.05, 0.1) is 12.6 Å². The molecule has 48 heavy (non-hydrogen) atoms. The van der Waals surface area contributed by atoms with Crippen LogP contribution >= 0.6 is 11.3 Å². The lowest BCUT2D eigenvalue weighted by Gasteiger charge is -2.36. The third-order valence-electron chi connectivity index (χ3n) is 8.98. The van der Waals surface area contributed by atoms with E-state index < -0.39 is 29.7 Å². The van der Waals surface area contributed by atoms with Gasteiger partial charge in [-0.1, -0.05) is 31.4 Å². The second-order valence-corrected chi connectivity index (χ2v) is 14.7. The topological polar surface area (TPSA) is 135 Å². The van der Waals surface area contributed by atoms with Gasteiger partial charge in [0.2, 0.25) is 17.6 Å². The van der Waals surface area contributed by atoms with Gasteiger partial charge in [-0.25, -0.2) is 9.78 Å². The molecule has 0 unspecified atom stereocenters. The minimum absolute atomic E-state index is 0.0107.